The molecule has 1 saturated heterocycles. The highest BCUT2D eigenvalue weighted by Crippen LogP contribution is 2.19. The van der Waals surface area contributed by atoms with Crippen LogP contribution in [-0.4, -0.2) is 50.3 Å². The van der Waals surface area contributed by atoms with Gasteiger partial charge in [-0.25, -0.2) is 4.98 Å². The monoisotopic (exact) mass is 369 g/mol. The number of hydrogen-bond acceptors (Lipinski definition) is 6. The molecule has 2 heterocycles. The number of esters is 1. The van der Waals surface area contributed by atoms with Crippen molar-refractivity contribution in [3.05, 3.63) is 59.8 Å². The van der Waals surface area contributed by atoms with Crippen LogP contribution in [0.5, 0.6) is 0 Å². The zero-order valence-electron chi connectivity index (χ0n) is 15.3. The molecule has 1 N–H and O–H groups in total. The van der Waals surface area contributed by atoms with E-state index in [1.165, 1.54) is 7.11 Å². The van der Waals surface area contributed by atoms with Crippen LogP contribution in [0.3, 0.4) is 0 Å². The van der Waals surface area contributed by atoms with E-state index >= 15 is 0 Å². The molecule has 7 nitrogen and oxygen atoms in total. The maximum Gasteiger partial charge on any atom is 0.307 e. The van der Waals surface area contributed by atoms with Crippen molar-refractivity contribution in [3.8, 4) is 0 Å². The summed E-state index contributed by atoms with van der Waals surface area (Å²) in [6, 6.07) is 12.5. The van der Waals surface area contributed by atoms with Crippen LogP contribution in [0.25, 0.3) is 0 Å². The first-order valence-electron chi connectivity index (χ1n) is 8.89. The van der Waals surface area contributed by atoms with Gasteiger partial charge >= 0.3 is 5.97 Å². The van der Waals surface area contributed by atoms with Crippen molar-refractivity contribution in [1.82, 2.24) is 10.3 Å². The molecule has 142 valence electrons. The number of amides is 1. The first-order chi connectivity index (χ1) is 13.2. The van der Waals surface area contributed by atoms with Gasteiger partial charge in [-0.2, -0.15) is 0 Å². The molecule has 3 rings (SSSR count). The number of carbonyl (C=O) groups excluding carboxylic acids is 2. The van der Waals surface area contributed by atoms with Crippen molar-refractivity contribution < 1.29 is 19.1 Å². The molecule has 0 bridgehead atoms. The van der Waals surface area contributed by atoms with Gasteiger partial charge in [0, 0.05) is 19.3 Å². The topological polar surface area (TPSA) is 80.8 Å². The van der Waals surface area contributed by atoms with Gasteiger partial charge in [0.05, 0.1) is 38.3 Å². The Kier molecular flexibility index (Phi) is 6.38. The van der Waals surface area contributed by atoms with E-state index in [4.69, 9.17) is 9.47 Å². The largest absolute Gasteiger partial charge is 0.469 e. The standard InChI is InChI=1S/C20H23N3O4/c1-26-19(24)13-17(15-5-3-2-4-6-15)22-20(25)16-7-8-18(21-14-16)23-9-11-27-12-10-23/h2-8,14,17H,9-13H2,1H3,(H,22,25)/t17-/m1/s1. The summed E-state index contributed by atoms with van der Waals surface area (Å²) in [5.41, 5.74) is 1.28. The Bertz CT molecular complexity index is 759. The minimum absolute atomic E-state index is 0.0611. The van der Waals surface area contributed by atoms with Crippen LogP contribution < -0.4 is 10.2 Å². The quantitative estimate of drug-likeness (QED) is 0.784. The molecule has 0 spiro atoms. The molecule has 1 aliphatic heterocycles. The van der Waals surface area contributed by atoms with Gasteiger partial charge in [0.15, 0.2) is 0 Å². The number of hydrogen-bond donors (Lipinski definition) is 1. The Labute approximate surface area is 158 Å². The molecule has 0 aliphatic carbocycles. The summed E-state index contributed by atoms with van der Waals surface area (Å²) in [7, 11) is 1.33. The molecule has 0 unspecified atom stereocenters. The fourth-order valence-corrected chi connectivity index (χ4v) is 2.93. The molecule has 1 atom stereocenters. The van der Waals surface area contributed by atoms with Crippen LogP contribution in [0.1, 0.15) is 28.4 Å². The maximum absolute atomic E-state index is 12.6. The lowest BCUT2D eigenvalue weighted by molar-refractivity contribution is -0.141. The van der Waals surface area contributed by atoms with E-state index in [1.807, 2.05) is 36.4 Å². The average Bonchev–Trinajstić information content (AvgIpc) is 2.74. The number of nitrogens with one attached hydrogen (secondary N) is 1. The fraction of sp³-hybridized carbons (Fsp3) is 0.350. The van der Waals surface area contributed by atoms with Crippen molar-refractivity contribution in [2.45, 2.75) is 12.5 Å². The maximum atomic E-state index is 12.6. The lowest BCUT2D eigenvalue weighted by atomic mass is 10.0. The SMILES string of the molecule is COC(=O)C[C@@H](NC(=O)c1ccc(N2CCOCC2)nc1)c1ccccc1. The smallest absolute Gasteiger partial charge is 0.307 e. The second-order valence-electron chi connectivity index (χ2n) is 6.22. The number of nitrogens with zero attached hydrogens (tertiary/aromatic N) is 2. The third-order valence-electron chi connectivity index (χ3n) is 4.45. The van der Waals surface area contributed by atoms with E-state index < -0.39 is 6.04 Å². The summed E-state index contributed by atoms with van der Waals surface area (Å²) in [6.07, 6.45) is 1.62. The molecule has 2 aromatic rings. The van der Waals surface area contributed by atoms with Crippen molar-refractivity contribution in [1.29, 1.82) is 0 Å². The number of pyridine rings is 1. The van der Waals surface area contributed by atoms with E-state index in [0.29, 0.717) is 18.8 Å². The molecule has 1 aromatic carbocycles. The molecule has 0 radical (unpaired) electrons. The van der Waals surface area contributed by atoms with E-state index in [-0.39, 0.29) is 18.3 Å². The zero-order chi connectivity index (χ0) is 19.1. The van der Waals surface area contributed by atoms with E-state index in [9.17, 15) is 9.59 Å². The Morgan fingerprint density at radius 3 is 2.56 bits per heavy atom. The van der Waals surface area contributed by atoms with Crippen LogP contribution in [0.4, 0.5) is 5.82 Å². The Morgan fingerprint density at radius 2 is 1.93 bits per heavy atom. The first-order valence-corrected chi connectivity index (χ1v) is 8.89. The molecule has 1 aromatic heterocycles. The number of methoxy groups -OCH3 is 1. The number of rotatable bonds is 6. The van der Waals surface area contributed by atoms with Gasteiger partial charge in [0.1, 0.15) is 5.82 Å². The minimum atomic E-state index is -0.468. The second-order valence-corrected chi connectivity index (χ2v) is 6.22. The summed E-state index contributed by atoms with van der Waals surface area (Å²) in [5.74, 6) is 0.155. The summed E-state index contributed by atoms with van der Waals surface area (Å²) < 4.78 is 10.1. The highest BCUT2D eigenvalue weighted by Gasteiger charge is 2.20. The fourth-order valence-electron chi connectivity index (χ4n) is 2.93. The van der Waals surface area contributed by atoms with Gasteiger partial charge in [-0.15, -0.1) is 0 Å². The number of carbonyl (C=O) groups is 2. The van der Waals surface area contributed by atoms with Gasteiger partial charge in [-0.05, 0) is 17.7 Å². The normalized spacial score (nSPS) is 15.1. The van der Waals surface area contributed by atoms with Crippen LogP contribution >= 0.6 is 0 Å². The van der Waals surface area contributed by atoms with Gasteiger partial charge in [0.2, 0.25) is 0 Å². The van der Waals surface area contributed by atoms with Crippen LogP contribution in [0.15, 0.2) is 48.7 Å². The lowest BCUT2D eigenvalue weighted by Gasteiger charge is -2.27. The second kappa shape index (κ2) is 9.14. The number of benzene rings is 1. The molecule has 1 fully saturated rings. The Hall–Kier alpha value is -2.93. The van der Waals surface area contributed by atoms with E-state index in [2.05, 4.69) is 15.2 Å². The molecule has 1 amide bonds. The number of ether oxygens (including phenoxy) is 2. The number of aromatic nitrogens is 1. The first kappa shape index (κ1) is 18.8. The minimum Gasteiger partial charge on any atom is -0.469 e. The predicted octanol–water partition coefficient (Wildman–Crippen LogP) is 1.95. The van der Waals surface area contributed by atoms with Crippen molar-refractivity contribution in [2.75, 3.05) is 38.3 Å². The van der Waals surface area contributed by atoms with E-state index in [1.54, 1.807) is 12.3 Å². The lowest BCUT2D eigenvalue weighted by Crippen LogP contribution is -2.36. The van der Waals surface area contributed by atoms with Crippen LogP contribution in [0.2, 0.25) is 0 Å². The third-order valence-corrected chi connectivity index (χ3v) is 4.45. The average molecular weight is 369 g/mol. The molecular formula is C20H23N3O4. The molecule has 1 aliphatic rings. The van der Waals surface area contributed by atoms with Gasteiger partial charge < -0.3 is 19.7 Å². The molecule has 27 heavy (non-hydrogen) atoms. The van der Waals surface area contributed by atoms with Gasteiger partial charge in [-0.3, -0.25) is 9.59 Å². The van der Waals surface area contributed by atoms with Crippen molar-refractivity contribution in [2.24, 2.45) is 0 Å². The molecular weight excluding hydrogens is 346 g/mol. The predicted molar refractivity (Wildman–Crippen MR) is 101 cm³/mol. The van der Waals surface area contributed by atoms with Crippen molar-refractivity contribution in [3.63, 3.8) is 0 Å². The zero-order valence-corrected chi connectivity index (χ0v) is 15.3. The highest BCUT2D eigenvalue weighted by atomic mass is 16.5. The molecule has 7 heteroatoms. The molecule has 0 saturated carbocycles. The number of anilines is 1. The van der Waals surface area contributed by atoms with Gasteiger partial charge in [0.25, 0.3) is 5.91 Å². The van der Waals surface area contributed by atoms with Crippen LogP contribution in [-0.2, 0) is 14.3 Å². The Balaban J connectivity index is 1.70. The Morgan fingerprint density at radius 1 is 1.19 bits per heavy atom. The van der Waals surface area contributed by atoms with Crippen molar-refractivity contribution >= 4 is 17.7 Å². The summed E-state index contributed by atoms with van der Waals surface area (Å²) in [4.78, 5) is 30.9. The summed E-state index contributed by atoms with van der Waals surface area (Å²) in [5, 5.41) is 2.90. The van der Waals surface area contributed by atoms with Crippen LogP contribution in [0, 0.1) is 0 Å². The van der Waals surface area contributed by atoms with Gasteiger partial charge in [-0.1, -0.05) is 30.3 Å². The summed E-state index contributed by atoms with van der Waals surface area (Å²) >= 11 is 0. The van der Waals surface area contributed by atoms with E-state index in [0.717, 1.165) is 24.5 Å². The number of morpholine rings is 1. The summed E-state index contributed by atoms with van der Waals surface area (Å²) in [6.45, 7) is 2.92. The highest BCUT2D eigenvalue weighted by molar-refractivity contribution is 5.94. The third kappa shape index (κ3) is 5.04.